The molecule has 3 rings (SSSR count). The third-order valence-corrected chi connectivity index (χ3v) is 5.11. The first kappa shape index (κ1) is 19.8. The fourth-order valence-corrected chi connectivity index (χ4v) is 3.63. The quantitative estimate of drug-likeness (QED) is 0.573. The lowest BCUT2D eigenvalue weighted by Crippen LogP contribution is -2.22. The number of esters is 1. The van der Waals surface area contributed by atoms with E-state index in [1.54, 1.807) is 24.1 Å². The number of hydrogen-bond acceptors (Lipinski definition) is 7. The summed E-state index contributed by atoms with van der Waals surface area (Å²) in [5.74, 6) is -0.234. The second-order valence-corrected chi connectivity index (χ2v) is 7.11. The SMILES string of the molecule is CCc1ccc(N(C(C)=O)c2nc(COC(=O)c3c(C)noc3C)cs2)cc1. The second kappa shape index (κ2) is 8.35. The van der Waals surface area contributed by atoms with Gasteiger partial charge >= 0.3 is 5.97 Å². The van der Waals surface area contributed by atoms with Crippen molar-refractivity contribution in [1.29, 1.82) is 0 Å². The number of carbonyl (C=O) groups is 2. The Bertz CT molecular complexity index is 972. The number of rotatable bonds is 6. The number of anilines is 2. The Morgan fingerprint density at radius 2 is 1.93 bits per heavy atom. The number of hydrogen-bond donors (Lipinski definition) is 0. The van der Waals surface area contributed by atoms with Crippen LogP contribution in [-0.4, -0.2) is 22.0 Å². The van der Waals surface area contributed by atoms with E-state index >= 15 is 0 Å². The molecule has 0 aliphatic rings. The maximum Gasteiger partial charge on any atom is 0.344 e. The van der Waals surface area contributed by atoms with Gasteiger partial charge in [-0.15, -0.1) is 11.3 Å². The van der Waals surface area contributed by atoms with Gasteiger partial charge in [0.1, 0.15) is 17.9 Å². The summed E-state index contributed by atoms with van der Waals surface area (Å²) in [5, 5.41) is 6.05. The number of thiazole rings is 1. The van der Waals surface area contributed by atoms with Crippen LogP contribution in [0.4, 0.5) is 10.8 Å². The van der Waals surface area contributed by atoms with Gasteiger partial charge in [0.2, 0.25) is 5.91 Å². The number of aromatic nitrogens is 2. The first-order chi connectivity index (χ1) is 13.4. The molecule has 0 unspecified atom stereocenters. The molecular weight excluding hydrogens is 378 g/mol. The predicted molar refractivity (Wildman–Crippen MR) is 106 cm³/mol. The molecule has 0 aliphatic carbocycles. The van der Waals surface area contributed by atoms with Gasteiger partial charge in [-0.25, -0.2) is 9.78 Å². The Balaban J connectivity index is 1.74. The standard InChI is InChI=1S/C20H21N3O4S/c1-5-15-6-8-17(9-7-15)23(14(4)24)20-21-16(11-28-20)10-26-19(25)18-12(2)22-27-13(18)3/h6-9,11H,5,10H2,1-4H3. The molecule has 2 aromatic heterocycles. The van der Waals surface area contributed by atoms with Crippen molar-refractivity contribution in [3.8, 4) is 0 Å². The maximum atomic E-state index is 12.2. The van der Waals surface area contributed by atoms with E-state index in [2.05, 4.69) is 17.1 Å². The molecule has 0 atom stereocenters. The van der Waals surface area contributed by atoms with Crippen LogP contribution in [0.2, 0.25) is 0 Å². The minimum absolute atomic E-state index is 0.0000887. The smallest absolute Gasteiger partial charge is 0.344 e. The van der Waals surface area contributed by atoms with E-state index < -0.39 is 5.97 Å². The van der Waals surface area contributed by atoms with Gasteiger partial charge in [0.25, 0.3) is 0 Å². The highest BCUT2D eigenvalue weighted by atomic mass is 32.1. The summed E-state index contributed by atoms with van der Waals surface area (Å²) in [4.78, 5) is 30.4. The molecule has 0 bridgehead atoms. The highest BCUT2D eigenvalue weighted by Gasteiger charge is 2.21. The third-order valence-electron chi connectivity index (χ3n) is 4.24. The lowest BCUT2D eigenvalue weighted by Gasteiger charge is -2.18. The van der Waals surface area contributed by atoms with Gasteiger partial charge in [-0.05, 0) is 38.0 Å². The molecule has 1 aromatic carbocycles. The molecule has 1 amide bonds. The summed E-state index contributed by atoms with van der Waals surface area (Å²) in [6, 6.07) is 7.79. The van der Waals surface area contributed by atoms with Crippen LogP contribution in [0, 0.1) is 13.8 Å². The van der Waals surface area contributed by atoms with Crippen molar-refractivity contribution in [3.63, 3.8) is 0 Å². The Kier molecular flexibility index (Phi) is 5.89. The summed E-state index contributed by atoms with van der Waals surface area (Å²) >= 11 is 1.32. The Hall–Kier alpha value is -3.00. The summed E-state index contributed by atoms with van der Waals surface area (Å²) in [6.07, 6.45) is 0.929. The molecule has 0 saturated heterocycles. The largest absolute Gasteiger partial charge is 0.455 e. The summed E-state index contributed by atoms with van der Waals surface area (Å²) in [5.41, 5.74) is 3.32. The summed E-state index contributed by atoms with van der Waals surface area (Å²) < 4.78 is 10.3. The van der Waals surface area contributed by atoms with E-state index in [0.717, 1.165) is 12.1 Å². The molecule has 2 heterocycles. The van der Waals surface area contributed by atoms with Crippen LogP contribution in [0.25, 0.3) is 0 Å². The molecule has 8 heteroatoms. The molecule has 28 heavy (non-hydrogen) atoms. The third kappa shape index (κ3) is 4.12. The lowest BCUT2D eigenvalue weighted by atomic mass is 10.1. The molecule has 7 nitrogen and oxygen atoms in total. The van der Waals surface area contributed by atoms with Gasteiger partial charge in [-0.1, -0.05) is 24.2 Å². The van der Waals surface area contributed by atoms with Crippen molar-refractivity contribution < 1.29 is 18.8 Å². The minimum Gasteiger partial charge on any atom is -0.455 e. The Morgan fingerprint density at radius 1 is 1.21 bits per heavy atom. The fourth-order valence-electron chi connectivity index (χ4n) is 2.76. The van der Waals surface area contributed by atoms with Crippen LogP contribution in [0.15, 0.2) is 34.2 Å². The van der Waals surface area contributed by atoms with Crippen LogP contribution < -0.4 is 4.90 Å². The Labute approximate surface area is 166 Å². The maximum absolute atomic E-state index is 12.2. The topological polar surface area (TPSA) is 85.5 Å². The zero-order valence-electron chi connectivity index (χ0n) is 16.2. The van der Waals surface area contributed by atoms with Crippen molar-refractivity contribution in [2.45, 2.75) is 40.7 Å². The first-order valence-electron chi connectivity index (χ1n) is 8.84. The van der Waals surface area contributed by atoms with Gasteiger partial charge < -0.3 is 9.26 Å². The molecule has 0 N–H and O–H groups in total. The van der Waals surface area contributed by atoms with Crippen molar-refractivity contribution in [2.75, 3.05) is 4.90 Å². The normalized spacial score (nSPS) is 10.7. The highest BCUT2D eigenvalue weighted by molar-refractivity contribution is 7.14. The van der Waals surface area contributed by atoms with E-state index in [1.807, 2.05) is 24.3 Å². The van der Waals surface area contributed by atoms with E-state index in [1.165, 1.54) is 23.8 Å². The van der Waals surface area contributed by atoms with Gasteiger partial charge in [-0.3, -0.25) is 9.69 Å². The number of ether oxygens (including phenoxy) is 1. The van der Waals surface area contributed by atoms with Crippen LogP contribution >= 0.6 is 11.3 Å². The van der Waals surface area contributed by atoms with Gasteiger partial charge in [0.15, 0.2) is 5.13 Å². The van der Waals surface area contributed by atoms with Crippen molar-refractivity contribution >= 4 is 34.0 Å². The number of benzene rings is 1. The van der Waals surface area contributed by atoms with Crippen LogP contribution in [0.1, 0.15) is 46.9 Å². The van der Waals surface area contributed by atoms with Crippen molar-refractivity contribution in [1.82, 2.24) is 10.1 Å². The van der Waals surface area contributed by atoms with Crippen LogP contribution in [-0.2, 0) is 22.6 Å². The molecule has 0 saturated carbocycles. The van der Waals surface area contributed by atoms with Crippen molar-refractivity contribution in [2.24, 2.45) is 0 Å². The van der Waals surface area contributed by atoms with E-state index in [-0.39, 0.29) is 12.5 Å². The molecular formula is C20H21N3O4S. The number of aryl methyl sites for hydroxylation is 3. The number of amides is 1. The van der Waals surface area contributed by atoms with Crippen LogP contribution in [0.5, 0.6) is 0 Å². The first-order valence-corrected chi connectivity index (χ1v) is 9.72. The molecule has 0 spiro atoms. The number of carbonyl (C=O) groups excluding carboxylic acids is 2. The lowest BCUT2D eigenvalue weighted by molar-refractivity contribution is -0.115. The average molecular weight is 399 g/mol. The van der Waals surface area contributed by atoms with Crippen LogP contribution in [0.3, 0.4) is 0 Å². The average Bonchev–Trinajstić information content (AvgIpc) is 3.27. The monoisotopic (exact) mass is 399 g/mol. The highest BCUT2D eigenvalue weighted by Crippen LogP contribution is 2.29. The van der Waals surface area contributed by atoms with Gasteiger partial charge in [-0.2, -0.15) is 0 Å². The molecule has 0 aliphatic heterocycles. The zero-order chi connectivity index (χ0) is 20.3. The molecule has 0 radical (unpaired) electrons. The minimum atomic E-state index is -0.510. The molecule has 0 fully saturated rings. The zero-order valence-corrected chi connectivity index (χ0v) is 17.0. The predicted octanol–water partition coefficient (Wildman–Crippen LogP) is 4.35. The second-order valence-electron chi connectivity index (χ2n) is 6.27. The Morgan fingerprint density at radius 3 is 2.50 bits per heavy atom. The molecule has 3 aromatic rings. The molecule has 146 valence electrons. The van der Waals surface area contributed by atoms with E-state index in [0.29, 0.717) is 27.8 Å². The van der Waals surface area contributed by atoms with E-state index in [4.69, 9.17) is 9.26 Å². The van der Waals surface area contributed by atoms with Crippen molar-refractivity contribution in [3.05, 3.63) is 57.9 Å². The summed E-state index contributed by atoms with van der Waals surface area (Å²) in [6.45, 7) is 6.91. The fraction of sp³-hybridized carbons (Fsp3) is 0.300. The summed E-state index contributed by atoms with van der Waals surface area (Å²) in [7, 11) is 0. The van der Waals surface area contributed by atoms with Gasteiger partial charge in [0.05, 0.1) is 17.1 Å². The van der Waals surface area contributed by atoms with E-state index in [9.17, 15) is 9.59 Å². The number of nitrogens with zero attached hydrogens (tertiary/aromatic N) is 3. The van der Waals surface area contributed by atoms with Gasteiger partial charge in [0, 0.05) is 12.3 Å².